The van der Waals surface area contributed by atoms with Crippen LogP contribution in [0.25, 0.3) is 0 Å². The van der Waals surface area contributed by atoms with Crippen molar-refractivity contribution in [3.05, 3.63) is 29.8 Å². The molecule has 0 radical (unpaired) electrons. The van der Waals surface area contributed by atoms with Crippen molar-refractivity contribution >= 4 is 0 Å². The van der Waals surface area contributed by atoms with Crippen LogP contribution in [-0.4, -0.2) is 17.9 Å². The van der Waals surface area contributed by atoms with E-state index >= 15 is 0 Å². The normalized spacial score (nSPS) is 12.9. The summed E-state index contributed by atoms with van der Waals surface area (Å²) >= 11 is 0. The Kier molecular flexibility index (Phi) is 3.89. The Hall–Kier alpha value is -1.09. The predicted molar refractivity (Wildman–Crippen MR) is 53.1 cm³/mol. The van der Waals surface area contributed by atoms with Crippen molar-refractivity contribution in [2.75, 3.05) is 6.67 Å². The zero-order valence-corrected chi connectivity index (χ0v) is 8.40. The van der Waals surface area contributed by atoms with Gasteiger partial charge in [-0.25, -0.2) is 4.39 Å². The Morgan fingerprint density at radius 1 is 1.36 bits per heavy atom. The highest BCUT2D eigenvalue weighted by Crippen LogP contribution is 2.25. The van der Waals surface area contributed by atoms with E-state index in [1.54, 1.807) is 24.3 Å². The van der Waals surface area contributed by atoms with Gasteiger partial charge in [0.1, 0.15) is 18.5 Å². The molecule has 0 saturated carbocycles. The number of hydrogen-bond donors (Lipinski definition) is 1. The molecule has 0 spiro atoms. The summed E-state index contributed by atoms with van der Waals surface area (Å²) in [5, 5.41) is 9.37. The van der Waals surface area contributed by atoms with Gasteiger partial charge < -0.3 is 9.84 Å². The Labute approximate surface area is 83.3 Å². The topological polar surface area (TPSA) is 29.5 Å². The lowest BCUT2D eigenvalue weighted by molar-refractivity contribution is 0.134. The van der Waals surface area contributed by atoms with E-state index in [0.717, 1.165) is 0 Å². The predicted octanol–water partition coefficient (Wildman–Crippen LogP) is 2.48. The van der Waals surface area contributed by atoms with Crippen LogP contribution >= 0.6 is 0 Å². The van der Waals surface area contributed by atoms with Gasteiger partial charge in [-0.1, -0.05) is 18.2 Å². The van der Waals surface area contributed by atoms with Crippen LogP contribution in [0.4, 0.5) is 4.39 Å². The maximum absolute atomic E-state index is 12.3. The lowest BCUT2D eigenvalue weighted by atomic mass is 10.1. The molecule has 0 aliphatic heterocycles. The molecule has 78 valence electrons. The van der Waals surface area contributed by atoms with Crippen LogP contribution in [0, 0.1) is 0 Å². The molecule has 0 aliphatic carbocycles. The molecule has 1 rings (SSSR count). The van der Waals surface area contributed by atoms with Gasteiger partial charge in [0, 0.05) is 5.56 Å². The molecule has 1 atom stereocenters. The fourth-order valence-corrected chi connectivity index (χ4v) is 1.20. The first kappa shape index (κ1) is 11.0. The van der Waals surface area contributed by atoms with E-state index in [-0.39, 0.29) is 6.10 Å². The third kappa shape index (κ3) is 2.70. The van der Waals surface area contributed by atoms with Crippen molar-refractivity contribution < 1.29 is 14.2 Å². The van der Waals surface area contributed by atoms with Gasteiger partial charge in [-0.05, 0) is 19.9 Å². The quantitative estimate of drug-likeness (QED) is 0.805. The molecule has 0 fully saturated rings. The van der Waals surface area contributed by atoms with Crippen molar-refractivity contribution in [2.45, 2.75) is 26.1 Å². The summed E-state index contributed by atoms with van der Waals surface area (Å²) in [4.78, 5) is 0. The van der Waals surface area contributed by atoms with Gasteiger partial charge >= 0.3 is 0 Å². The van der Waals surface area contributed by atoms with Gasteiger partial charge in [0.2, 0.25) is 0 Å². The van der Waals surface area contributed by atoms with E-state index < -0.39 is 12.8 Å². The molecule has 14 heavy (non-hydrogen) atoms. The third-order valence-electron chi connectivity index (χ3n) is 1.79. The number of para-hydroxylation sites is 1. The minimum atomic E-state index is -1.09. The molecule has 0 bridgehead atoms. The highest BCUT2D eigenvalue weighted by molar-refractivity contribution is 5.35. The first-order valence-corrected chi connectivity index (χ1v) is 4.64. The lowest BCUT2D eigenvalue weighted by Crippen LogP contribution is -2.09. The van der Waals surface area contributed by atoms with E-state index in [2.05, 4.69) is 0 Å². The van der Waals surface area contributed by atoms with Gasteiger partial charge in [-0.2, -0.15) is 0 Å². The fraction of sp³-hybridized carbons (Fsp3) is 0.455. The van der Waals surface area contributed by atoms with E-state index in [0.29, 0.717) is 11.3 Å². The number of benzene rings is 1. The first-order valence-electron chi connectivity index (χ1n) is 4.64. The number of aliphatic hydroxyl groups is 1. The standard InChI is InChI=1S/C11H15FO2/c1-8(2)14-11-6-4-3-5-9(11)10(13)7-12/h3-6,8,10,13H,7H2,1-2H3. The number of hydrogen-bond acceptors (Lipinski definition) is 2. The zero-order chi connectivity index (χ0) is 10.6. The van der Waals surface area contributed by atoms with Gasteiger partial charge in [0.05, 0.1) is 6.10 Å². The molecule has 2 nitrogen and oxygen atoms in total. The second-order valence-electron chi connectivity index (χ2n) is 3.37. The molecule has 0 aromatic heterocycles. The maximum atomic E-state index is 12.3. The molecule has 0 saturated heterocycles. The van der Waals surface area contributed by atoms with Crippen molar-refractivity contribution in [1.82, 2.24) is 0 Å². The summed E-state index contributed by atoms with van der Waals surface area (Å²) in [5.74, 6) is 0.549. The van der Waals surface area contributed by atoms with Crippen molar-refractivity contribution in [2.24, 2.45) is 0 Å². The average Bonchev–Trinajstić information content (AvgIpc) is 2.16. The second-order valence-corrected chi connectivity index (χ2v) is 3.37. The number of rotatable bonds is 4. The SMILES string of the molecule is CC(C)Oc1ccccc1C(O)CF. The number of ether oxygens (including phenoxy) is 1. The molecule has 1 unspecified atom stereocenters. The number of alkyl halides is 1. The largest absolute Gasteiger partial charge is 0.491 e. The summed E-state index contributed by atoms with van der Waals surface area (Å²) < 4.78 is 17.7. The van der Waals surface area contributed by atoms with Crippen LogP contribution in [0.15, 0.2) is 24.3 Å². The summed E-state index contributed by atoms with van der Waals surface area (Å²) in [6.45, 7) is 2.98. The van der Waals surface area contributed by atoms with Crippen molar-refractivity contribution in [3.8, 4) is 5.75 Å². The maximum Gasteiger partial charge on any atom is 0.125 e. The number of halogens is 1. The first-order chi connectivity index (χ1) is 6.65. The van der Waals surface area contributed by atoms with Crippen LogP contribution in [0.5, 0.6) is 5.75 Å². The zero-order valence-electron chi connectivity index (χ0n) is 8.40. The highest BCUT2D eigenvalue weighted by atomic mass is 19.1. The Bertz CT molecular complexity index is 286. The summed E-state index contributed by atoms with van der Waals surface area (Å²) in [6.07, 6.45) is -1.08. The van der Waals surface area contributed by atoms with E-state index in [9.17, 15) is 9.50 Å². The molecular formula is C11H15FO2. The van der Waals surface area contributed by atoms with Gasteiger partial charge in [0.15, 0.2) is 0 Å². The van der Waals surface area contributed by atoms with Crippen LogP contribution in [-0.2, 0) is 0 Å². The average molecular weight is 198 g/mol. The molecule has 0 aliphatic rings. The van der Waals surface area contributed by atoms with Gasteiger partial charge in [-0.3, -0.25) is 0 Å². The fourth-order valence-electron chi connectivity index (χ4n) is 1.20. The molecule has 0 heterocycles. The Morgan fingerprint density at radius 2 is 2.00 bits per heavy atom. The van der Waals surface area contributed by atoms with Crippen LogP contribution in [0.2, 0.25) is 0 Å². The molecule has 1 N–H and O–H groups in total. The summed E-state index contributed by atoms with van der Waals surface area (Å²) in [6, 6.07) is 6.95. The van der Waals surface area contributed by atoms with E-state index in [4.69, 9.17) is 4.74 Å². The minimum Gasteiger partial charge on any atom is -0.491 e. The Balaban J connectivity index is 2.91. The summed E-state index contributed by atoms with van der Waals surface area (Å²) in [7, 11) is 0. The summed E-state index contributed by atoms with van der Waals surface area (Å²) in [5.41, 5.74) is 0.503. The van der Waals surface area contributed by atoms with Crippen molar-refractivity contribution in [3.63, 3.8) is 0 Å². The van der Waals surface area contributed by atoms with Crippen molar-refractivity contribution in [1.29, 1.82) is 0 Å². The number of aliphatic hydroxyl groups excluding tert-OH is 1. The monoisotopic (exact) mass is 198 g/mol. The molecule has 3 heteroatoms. The van der Waals surface area contributed by atoms with Crippen LogP contribution in [0.1, 0.15) is 25.5 Å². The lowest BCUT2D eigenvalue weighted by Gasteiger charge is -2.15. The van der Waals surface area contributed by atoms with Gasteiger partial charge in [0.25, 0.3) is 0 Å². The van der Waals surface area contributed by atoms with Gasteiger partial charge in [-0.15, -0.1) is 0 Å². The molecule has 0 amide bonds. The van der Waals surface area contributed by atoms with E-state index in [1.807, 2.05) is 13.8 Å². The smallest absolute Gasteiger partial charge is 0.125 e. The third-order valence-corrected chi connectivity index (χ3v) is 1.79. The highest BCUT2D eigenvalue weighted by Gasteiger charge is 2.13. The van der Waals surface area contributed by atoms with Crippen LogP contribution < -0.4 is 4.74 Å². The van der Waals surface area contributed by atoms with Crippen LogP contribution in [0.3, 0.4) is 0 Å². The Morgan fingerprint density at radius 3 is 2.57 bits per heavy atom. The molecule has 1 aromatic carbocycles. The second kappa shape index (κ2) is 4.96. The molecular weight excluding hydrogens is 183 g/mol. The van der Waals surface area contributed by atoms with E-state index in [1.165, 1.54) is 0 Å². The molecule has 1 aromatic rings. The minimum absolute atomic E-state index is 0.0166.